The maximum Gasteiger partial charge on any atom is 0.346 e. The number of amides is 1. The average Bonchev–Trinajstić information content (AvgIpc) is 3.33. The number of hydrogen-bond acceptors (Lipinski definition) is 6. The van der Waals surface area contributed by atoms with Gasteiger partial charge in [-0.2, -0.15) is 5.10 Å². The third-order valence-corrected chi connectivity index (χ3v) is 5.82. The molecule has 2 aromatic heterocycles. The van der Waals surface area contributed by atoms with Crippen molar-refractivity contribution in [3.8, 4) is 16.2 Å². The number of carbonyl (C=O) groups is 1. The molecule has 29 heavy (non-hydrogen) atoms. The second kappa shape index (κ2) is 8.06. The Bertz CT molecular complexity index is 1140. The molecular weight excluding hydrogens is 390 g/mol. The molecule has 0 unspecified atom stereocenters. The summed E-state index contributed by atoms with van der Waals surface area (Å²) in [5.41, 5.74) is 8.12. The first kappa shape index (κ1) is 19.2. The average molecular weight is 411 g/mol. The Labute approximate surface area is 171 Å². The van der Waals surface area contributed by atoms with Crippen molar-refractivity contribution in [2.75, 3.05) is 18.5 Å². The number of fused-ring (bicyclic) bond motifs is 1. The van der Waals surface area contributed by atoms with E-state index in [1.807, 2.05) is 43.3 Å². The fourth-order valence-electron chi connectivity index (χ4n) is 3.08. The number of thiophene rings is 1. The summed E-state index contributed by atoms with van der Waals surface area (Å²) in [5, 5.41) is 7.01. The number of benzene rings is 1. The highest BCUT2D eigenvalue weighted by molar-refractivity contribution is 7.15. The highest BCUT2D eigenvalue weighted by Gasteiger charge is 2.17. The first-order chi connectivity index (χ1) is 14.1. The molecule has 1 aliphatic heterocycles. The molecule has 0 spiro atoms. The zero-order chi connectivity index (χ0) is 20.4. The molecule has 9 heteroatoms. The fraction of sp³-hybridized carbons (Fsp3) is 0.250. The van der Waals surface area contributed by atoms with Gasteiger partial charge in [-0.3, -0.25) is 9.36 Å². The lowest BCUT2D eigenvalue weighted by Crippen LogP contribution is -2.26. The summed E-state index contributed by atoms with van der Waals surface area (Å²) >= 11 is 1.59. The van der Waals surface area contributed by atoms with Gasteiger partial charge in [-0.1, -0.05) is 6.08 Å². The van der Waals surface area contributed by atoms with Gasteiger partial charge in [0, 0.05) is 16.3 Å². The van der Waals surface area contributed by atoms with E-state index in [4.69, 9.17) is 10.5 Å². The molecule has 0 saturated carbocycles. The fourth-order valence-corrected chi connectivity index (χ4v) is 4.08. The van der Waals surface area contributed by atoms with Gasteiger partial charge in [-0.05, 0) is 48.4 Å². The summed E-state index contributed by atoms with van der Waals surface area (Å²) in [6, 6.07) is 9.72. The number of nitrogens with one attached hydrogen (secondary N) is 1. The highest BCUT2D eigenvalue weighted by Crippen LogP contribution is 2.35. The first-order valence-corrected chi connectivity index (χ1v) is 10.0. The summed E-state index contributed by atoms with van der Waals surface area (Å²) in [4.78, 5) is 26.2. The minimum Gasteiger partial charge on any atom is -0.482 e. The van der Waals surface area contributed by atoms with Crippen LogP contribution in [0.3, 0.4) is 0 Å². The van der Waals surface area contributed by atoms with Crippen LogP contribution >= 0.6 is 11.3 Å². The molecule has 0 aliphatic carbocycles. The van der Waals surface area contributed by atoms with Crippen molar-refractivity contribution in [3.05, 3.63) is 63.7 Å². The van der Waals surface area contributed by atoms with Crippen LogP contribution < -0.4 is 21.5 Å². The van der Waals surface area contributed by atoms with Crippen molar-refractivity contribution >= 4 is 22.9 Å². The number of ether oxygens (including phenoxy) is 1. The zero-order valence-electron chi connectivity index (χ0n) is 15.9. The van der Waals surface area contributed by atoms with Crippen molar-refractivity contribution in [3.63, 3.8) is 0 Å². The minimum absolute atomic E-state index is 0.0404. The van der Waals surface area contributed by atoms with Gasteiger partial charge in [0.1, 0.15) is 12.1 Å². The van der Waals surface area contributed by atoms with Gasteiger partial charge in [0.25, 0.3) is 5.91 Å². The van der Waals surface area contributed by atoms with Crippen LogP contribution in [0.25, 0.3) is 10.4 Å². The minimum atomic E-state index is -0.165. The van der Waals surface area contributed by atoms with Crippen LogP contribution in [0.2, 0.25) is 0 Å². The normalized spacial score (nSPS) is 13.7. The second-order valence-electron chi connectivity index (χ2n) is 6.66. The summed E-state index contributed by atoms with van der Waals surface area (Å²) in [6.45, 7) is 3.18. The number of rotatable bonds is 6. The zero-order valence-corrected chi connectivity index (χ0v) is 16.7. The van der Waals surface area contributed by atoms with Crippen molar-refractivity contribution in [2.45, 2.75) is 20.0 Å². The standard InChI is InChI=1S/C20H21N5O3S/c1-2-13(8-21)9-25-20(27)24(12-22-25)10-15-4-6-18(29-15)14-3-5-17-16(7-14)23-19(26)11-28-17/h2-7,12H,8-11,21H2,1H3,(H,23,26)/b13-2-. The molecule has 0 fully saturated rings. The third kappa shape index (κ3) is 4.01. The molecule has 0 bridgehead atoms. The van der Waals surface area contributed by atoms with Gasteiger partial charge >= 0.3 is 5.69 Å². The van der Waals surface area contributed by atoms with E-state index in [1.165, 1.54) is 4.68 Å². The van der Waals surface area contributed by atoms with Crippen molar-refractivity contribution < 1.29 is 9.53 Å². The Kier molecular flexibility index (Phi) is 5.32. The maximum atomic E-state index is 12.6. The molecule has 1 aliphatic rings. The molecule has 8 nitrogen and oxygen atoms in total. The predicted octanol–water partition coefficient (Wildman–Crippen LogP) is 2.06. The van der Waals surface area contributed by atoms with E-state index in [0.717, 1.165) is 20.9 Å². The summed E-state index contributed by atoms with van der Waals surface area (Å²) in [6.07, 6.45) is 3.46. The monoisotopic (exact) mass is 411 g/mol. The van der Waals surface area contributed by atoms with E-state index in [-0.39, 0.29) is 18.2 Å². The number of allylic oxidation sites excluding steroid dienone is 1. The van der Waals surface area contributed by atoms with E-state index in [9.17, 15) is 9.59 Å². The Morgan fingerprint density at radius 3 is 3.00 bits per heavy atom. The summed E-state index contributed by atoms with van der Waals surface area (Å²) in [5.74, 6) is 0.510. The smallest absolute Gasteiger partial charge is 0.346 e. The molecule has 0 radical (unpaired) electrons. The molecular formula is C20H21N5O3S. The SMILES string of the molecule is C/C=C(/CN)Cn1ncn(Cc2ccc(-c3ccc4c(c3)NC(=O)CO4)s2)c1=O. The second-order valence-corrected chi connectivity index (χ2v) is 7.83. The van der Waals surface area contributed by atoms with Crippen LogP contribution in [0.1, 0.15) is 11.8 Å². The summed E-state index contributed by atoms with van der Waals surface area (Å²) in [7, 11) is 0. The summed E-state index contributed by atoms with van der Waals surface area (Å²) < 4.78 is 8.41. The topological polar surface area (TPSA) is 104 Å². The van der Waals surface area contributed by atoms with Crippen LogP contribution in [-0.4, -0.2) is 33.4 Å². The lowest BCUT2D eigenvalue weighted by Gasteiger charge is -2.18. The van der Waals surface area contributed by atoms with Crippen molar-refractivity contribution in [2.24, 2.45) is 5.73 Å². The van der Waals surface area contributed by atoms with Gasteiger partial charge in [-0.15, -0.1) is 11.3 Å². The van der Waals surface area contributed by atoms with Crippen molar-refractivity contribution in [1.29, 1.82) is 0 Å². The predicted molar refractivity (Wildman–Crippen MR) is 112 cm³/mol. The molecule has 1 amide bonds. The number of carbonyl (C=O) groups excluding carboxylic acids is 1. The molecule has 3 N–H and O–H groups in total. The lowest BCUT2D eigenvalue weighted by atomic mass is 10.1. The van der Waals surface area contributed by atoms with E-state index in [1.54, 1.807) is 22.2 Å². The molecule has 0 atom stereocenters. The van der Waals surface area contributed by atoms with E-state index in [2.05, 4.69) is 10.4 Å². The molecule has 3 heterocycles. The molecule has 4 rings (SSSR count). The molecule has 3 aromatic rings. The molecule has 150 valence electrons. The number of anilines is 1. The van der Waals surface area contributed by atoms with Crippen LogP contribution in [0.15, 0.2) is 53.1 Å². The Balaban J connectivity index is 1.52. The maximum absolute atomic E-state index is 12.6. The van der Waals surface area contributed by atoms with Gasteiger partial charge in [0.15, 0.2) is 6.61 Å². The largest absolute Gasteiger partial charge is 0.482 e. The lowest BCUT2D eigenvalue weighted by molar-refractivity contribution is -0.118. The Morgan fingerprint density at radius 1 is 1.34 bits per heavy atom. The Morgan fingerprint density at radius 2 is 2.21 bits per heavy atom. The highest BCUT2D eigenvalue weighted by atomic mass is 32.1. The number of nitrogens with zero attached hydrogens (tertiary/aromatic N) is 3. The molecule has 1 aromatic carbocycles. The molecule has 0 saturated heterocycles. The number of hydrogen-bond donors (Lipinski definition) is 2. The third-order valence-electron chi connectivity index (χ3n) is 4.70. The van der Waals surface area contributed by atoms with E-state index in [0.29, 0.717) is 31.1 Å². The van der Waals surface area contributed by atoms with Crippen molar-refractivity contribution in [1.82, 2.24) is 14.3 Å². The van der Waals surface area contributed by atoms with Gasteiger partial charge in [0.05, 0.1) is 18.8 Å². The van der Waals surface area contributed by atoms with Gasteiger partial charge in [-0.25, -0.2) is 9.48 Å². The Hall–Kier alpha value is -3.17. The van der Waals surface area contributed by atoms with E-state index >= 15 is 0 Å². The number of aromatic nitrogens is 3. The van der Waals surface area contributed by atoms with E-state index < -0.39 is 0 Å². The number of nitrogens with two attached hydrogens (primary N) is 1. The van der Waals surface area contributed by atoms with Gasteiger partial charge < -0.3 is 15.8 Å². The van der Waals surface area contributed by atoms with Crippen LogP contribution in [0.4, 0.5) is 5.69 Å². The van der Waals surface area contributed by atoms with Crippen LogP contribution in [0, 0.1) is 0 Å². The van der Waals surface area contributed by atoms with Gasteiger partial charge in [0.2, 0.25) is 0 Å². The first-order valence-electron chi connectivity index (χ1n) is 9.19. The van der Waals surface area contributed by atoms with Crippen LogP contribution in [-0.2, 0) is 17.9 Å². The quantitative estimate of drug-likeness (QED) is 0.604. The van der Waals surface area contributed by atoms with Crippen LogP contribution in [0.5, 0.6) is 5.75 Å².